The minimum Gasteiger partial charge on any atom is -0.355 e. The molecule has 2 amide bonds. The SMILES string of the molecule is CNC(=O)c1ccc(/C=C/C(=O)Nc2ccc(Cl)cc2)cc1. The van der Waals surface area contributed by atoms with E-state index in [0.29, 0.717) is 16.3 Å². The van der Waals surface area contributed by atoms with Gasteiger partial charge in [-0.2, -0.15) is 0 Å². The predicted molar refractivity (Wildman–Crippen MR) is 88.9 cm³/mol. The Hall–Kier alpha value is -2.59. The van der Waals surface area contributed by atoms with Crippen LogP contribution in [0.2, 0.25) is 5.02 Å². The summed E-state index contributed by atoms with van der Waals surface area (Å²) in [5, 5.41) is 5.90. The topological polar surface area (TPSA) is 58.2 Å². The molecular formula is C17H15ClN2O2. The number of hydrogen-bond acceptors (Lipinski definition) is 2. The summed E-state index contributed by atoms with van der Waals surface area (Å²) in [6.07, 6.45) is 3.11. The zero-order chi connectivity index (χ0) is 15.9. The van der Waals surface area contributed by atoms with Gasteiger partial charge in [0.15, 0.2) is 0 Å². The Kier molecular flexibility index (Phi) is 5.33. The molecule has 0 aliphatic heterocycles. The fourth-order valence-electron chi connectivity index (χ4n) is 1.78. The van der Waals surface area contributed by atoms with Crippen molar-refractivity contribution in [1.82, 2.24) is 5.32 Å². The number of benzene rings is 2. The van der Waals surface area contributed by atoms with Gasteiger partial charge in [-0.25, -0.2) is 0 Å². The second-order valence-electron chi connectivity index (χ2n) is 4.53. The van der Waals surface area contributed by atoms with Gasteiger partial charge >= 0.3 is 0 Å². The van der Waals surface area contributed by atoms with E-state index < -0.39 is 0 Å². The first-order chi connectivity index (χ1) is 10.6. The molecule has 0 spiro atoms. The van der Waals surface area contributed by atoms with Crippen molar-refractivity contribution < 1.29 is 9.59 Å². The fraction of sp³-hybridized carbons (Fsp3) is 0.0588. The largest absolute Gasteiger partial charge is 0.355 e. The number of hydrogen-bond donors (Lipinski definition) is 2. The van der Waals surface area contributed by atoms with E-state index >= 15 is 0 Å². The highest BCUT2D eigenvalue weighted by molar-refractivity contribution is 6.30. The molecule has 0 bridgehead atoms. The smallest absolute Gasteiger partial charge is 0.251 e. The Bertz CT molecular complexity index is 692. The number of nitrogens with one attached hydrogen (secondary N) is 2. The van der Waals surface area contributed by atoms with Gasteiger partial charge in [-0.15, -0.1) is 0 Å². The van der Waals surface area contributed by atoms with Gasteiger partial charge < -0.3 is 10.6 Å². The molecule has 0 fully saturated rings. The van der Waals surface area contributed by atoms with E-state index in [1.807, 2.05) is 0 Å². The summed E-state index contributed by atoms with van der Waals surface area (Å²) in [5.41, 5.74) is 2.08. The van der Waals surface area contributed by atoms with Crippen molar-refractivity contribution in [3.05, 3.63) is 70.8 Å². The molecule has 2 N–H and O–H groups in total. The van der Waals surface area contributed by atoms with Crippen molar-refractivity contribution in [3.63, 3.8) is 0 Å². The lowest BCUT2D eigenvalue weighted by Gasteiger charge is -2.02. The molecule has 0 atom stereocenters. The van der Waals surface area contributed by atoms with Crippen LogP contribution in [-0.4, -0.2) is 18.9 Å². The Labute approximate surface area is 133 Å². The van der Waals surface area contributed by atoms with E-state index in [1.165, 1.54) is 6.08 Å². The molecule has 0 saturated heterocycles. The van der Waals surface area contributed by atoms with Crippen LogP contribution < -0.4 is 10.6 Å². The van der Waals surface area contributed by atoms with Gasteiger partial charge in [0, 0.05) is 29.4 Å². The van der Waals surface area contributed by atoms with E-state index in [-0.39, 0.29) is 11.8 Å². The van der Waals surface area contributed by atoms with Gasteiger partial charge in [0.2, 0.25) is 5.91 Å². The molecule has 0 aliphatic rings. The molecule has 2 aromatic carbocycles. The molecule has 0 radical (unpaired) electrons. The molecule has 2 rings (SSSR count). The van der Waals surface area contributed by atoms with Crippen molar-refractivity contribution in [2.24, 2.45) is 0 Å². The van der Waals surface area contributed by atoms with E-state index in [0.717, 1.165) is 5.56 Å². The molecule has 2 aromatic rings. The van der Waals surface area contributed by atoms with E-state index in [1.54, 1.807) is 61.7 Å². The second kappa shape index (κ2) is 7.43. The zero-order valence-electron chi connectivity index (χ0n) is 12.0. The van der Waals surface area contributed by atoms with Gasteiger partial charge in [0.1, 0.15) is 0 Å². The molecule has 0 saturated carbocycles. The molecule has 0 heterocycles. The first-order valence-electron chi connectivity index (χ1n) is 6.65. The average Bonchev–Trinajstić information content (AvgIpc) is 2.55. The molecule has 112 valence electrons. The summed E-state index contributed by atoms with van der Waals surface area (Å²) in [5.74, 6) is -0.381. The number of carbonyl (C=O) groups is 2. The summed E-state index contributed by atoms with van der Waals surface area (Å²) < 4.78 is 0. The maximum Gasteiger partial charge on any atom is 0.251 e. The van der Waals surface area contributed by atoms with Gasteiger partial charge in [-0.3, -0.25) is 9.59 Å². The summed E-state index contributed by atoms with van der Waals surface area (Å²) >= 11 is 5.78. The summed E-state index contributed by atoms with van der Waals surface area (Å²) in [7, 11) is 1.58. The normalized spacial score (nSPS) is 10.5. The molecule has 22 heavy (non-hydrogen) atoms. The first kappa shape index (κ1) is 15.8. The molecular weight excluding hydrogens is 300 g/mol. The number of carbonyl (C=O) groups excluding carboxylic acids is 2. The van der Waals surface area contributed by atoms with Crippen molar-refractivity contribution in [1.29, 1.82) is 0 Å². The van der Waals surface area contributed by atoms with E-state index in [4.69, 9.17) is 11.6 Å². The highest BCUT2D eigenvalue weighted by Crippen LogP contribution is 2.13. The van der Waals surface area contributed by atoms with Gasteiger partial charge in [0.25, 0.3) is 5.91 Å². The van der Waals surface area contributed by atoms with Gasteiger partial charge in [0.05, 0.1) is 0 Å². The Morgan fingerprint density at radius 1 is 1.00 bits per heavy atom. The number of halogens is 1. The van der Waals surface area contributed by atoms with Crippen LogP contribution in [-0.2, 0) is 4.79 Å². The van der Waals surface area contributed by atoms with E-state index in [2.05, 4.69) is 10.6 Å². The van der Waals surface area contributed by atoms with Gasteiger partial charge in [-0.05, 0) is 48.0 Å². The van der Waals surface area contributed by atoms with Crippen LogP contribution in [0.4, 0.5) is 5.69 Å². The van der Waals surface area contributed by atoms with Crippen LogP contribution >= 0.6 is 11.6 Å². The lowest BCUT2D eigenvalue weighted by molar-refractivity contribution is -0.111. The number of anilines is 1. The van der Waals surface area contributed by atoms with Crippen LogP contribution in [0.1, 0.15) is 15.9 Å². The quantitative estimate of drug-likeness (QED) is 0.850. The standard InChI is InChI=1S/C17H15ClN2O2/c1-19-17(22)13-5-2-12(3-6-13)4-11-16(21)20-15-9-7-14(18)8-10-15/h2-11H,1H3,(H,19,22)(H,20,21)/b11-4+. The highest BCUT2D eigenvalue weighted by atomic mass is 35.5. The molecule has 0 aliphatic carbocycles. The summed E-state index contributed by atoms with van der Waals surface area (Å²) in [4.78, 5) is 23.2. The third-order valence-electron chi connectivity index (χ3n) is 2.94. The average molecular weight is 315 g/mol. The maximum atomic E-state index is 11.8. The molecule has 0 aromatic heterocycles. The Morgan fingerprint density at radius 3 is 2.23 bits per heavy atom. The molecule has 5 heteroatoms. The Balaban J connectivity index is 1.97. The molecule has 0 unspecified atom stereocenters. The number of amides is 2. The monoisotopic (exact) mass is 314 g/mol. The fourth-order valence-corrected chi connectivity index (χ4v) is 1.90. The van der Waals surface area contributed by atoms with Crippen LogP contribution in [0.15, 0.2) is 54.6 Å². The highest BCUT2D eigenvalue weighted by Gasteiger charge is 2.01. The summed E-state index contributed by atoms with van der Waals surface area (Å²) in [6.45, 7) is 0. The zero-order valence-corrected chi connectivity index (χ0v) is 12.7. The van der Waals surface area contributed by atoms with Crippen LogP contribution in [0.25, 0.3) is 6.08 Å². The summed E-state index contributed by atoms with van der Waals surface area (Å²) in [6, 6.07) is 13.8. The van der Waals surface area contributed by atoms with Crippen molar-refractivity contribution in [2.45, 2.75) is 0 Å². The molecule has 4 nitrogen and oxygen atoms in total. The van der Waals surface area contributed by atoms with Crippen LogP contribution in [0.5, 0.6) is 0 Å². The van der Waals surface area contributed by atoms with E-state index in [9.17, 15) is 9.59 Å². The van der Waals surface area contributed by atoms with Crippen molar-refractivity contribution >= 4 is 35.2 Å². The van der Waals surface area contributed by atoms with Crippen LogP contribution in [0, 0.1) is 0 Å². The predicted octanol–water partition coefficient (Wildman–Crippen LogP) is 3.35. The third kappa shape index (κ3) is 4.46. The lowest BCUT2D eigenvalue weighted by atomic mass is 10.1. The van der Waals surface area contributed by atoms with Crippen molar-refractivity contribution in [3.8, 4) is 0 Å². The second-order valence-corrected chi connectivity index (χ2v) is 4.97. The van der Waals surface area contributed by atoms with Crippen LogP contribution in [0.3, 0.4) is 0 Å². The minimum atomic E-state index is -0.238. The lowest BCUT2D eigenvalue weighted by Crippen LogP contribution is -2.17. The third-order valence-corrected chi connectivity index (χ3v) is 3.19. The van der Waals surface area contributed by atoms with Crippen molar-refractivity contribution in [2.75, 3.05) is 12.4 Å². The maximum absolute atomic E-state index is 11.8. The van der Waals surface area contributed by atoms with Gasteiger partial charge in [-0.1, -0.05) is 23.7 Å². The first-order valence-corrected chi connectivity index (χ1v) is 7.03. The number of rotatable bonds is 4. The minimum absolute atomic E-state index is 0.143. The Morgan fingerprint density at radius 2 is 1.64 bits per heavy atom.